The predicted octanol–water partition coefficient (Wildman–Crippen LogP) is 3.80. The van der Waals surface area contributed by atoms with Crippen LogP contribution < -0.4 is 0 Å². The Labute approximate surface area is 76.4 Å². The van der Waals surface area contributed by atoms with Crippen LogP contribution in [-0.4, -0.2) is 0 Å². The van der Waals surface area contributed by atoms with Gasteiger partial charge < -0.3 is 0 Å². The van der Waals surface area contributed by atoms with Crippen molar-refractivity contribution < 1.29 is 0 Å². The van der Waals surface area contributed by atoms with Crippen molar-refractivity contribution in [2.24, 2.45) is 17.8 Å². The summed E-state index contributed by atoms with van der Waals surface area (Å²) in [5.41, 5.74) is 0. The molecule has 2 aliphatic carbocycles. The average molecular weight is 164 g/mol. The normalized spacial score (nSPS) is 38.6. The van der Waals surface area contributed by atoms with E-state index < -0.39 is 0 Å². The molecule has 0 saturated carbocycles. The lowest BCUT2D eigenvalue weighted by Crippen LogP contribution is -2.24. The van der Waals surface area contributed by atoms with Crippen LogP contribution in [0.15, 0.2) is 24.3 Å². The molecule has 0 aromatic heterocycles. The van der Waals surface area contributed by atoms with E-state index in [1.54, 1.807) is 0 Å². The lowest BCUT2D eigenvalue weighted by atomic mass is 9.71. The molecular formula is C12H20. The number of rotatable bonds is 0. The van der Waals surface area contributed by atoms with Gasteiger partial charge in [0.25, 0.3) is 0 Å². The van der Waals surface area contributed by atoms with E-state index in [1.165, 1.54) is 19.3 Å². The van der Waals surface area contributed by atoms with Gasteiger partial charge in [-0.05, 0) is 37.0 Å². The van der Waals surface area contributed by atoms with E-state index in [4.69, 9.17) is 0 Å². The van der Waals surface area contributed by atoms with Gasteiger partial charge in [-0.25, -0.2) is 0 Å². The summed E-state index contributed by atoms with van der Waals surface area (Å²) in [7, 11) is 0. The Kier molecular flexibility index (Phi) is 3.13. The van der Waals surface area contributed by atoms with Crippen molar-refractivity contribution in [1.29, 1.82) is 0 Å². The van der Waals surface area contributed by atoms with Crippen molar-refractivity contribution in [2.75, 3.05) is 0 Å². The van der Waals surface area contributed by atoms with Gasteiger partial charge in [-0.3, -0.25) is 0 Å². The van der Waals surface area contributed by atoms with Gasteiger partial charge in [0, 0.05) is 0 Å². The van der Waals surface area contributed by atoms with Crippen LogP contribution in [0.3, 0.4) is 0 Å². The highest BCUT2D eigenvalue weighted by atomic mass is 14.3. The van der Waals surface area contributed by atoms with Gasteiger partial charge in [-0.1, -0.05) is 38.7 Å². The first kappa shape index (κ1) is 9.57. The Bertz CT molecular complexity index is 188. The van der Waals surface area contributed by atoms with Crippen molar-refractivity contribution >= 4 is 0 Å². The number of allylic oxidation sites excluding steroid dienone is 4. The summed E-state index contributed by atoms with van der Waals surface area (Å²) < 4.78 is 0. The van der Waals surface area contributed by atoms with Crippen LogP contribution in [0, 0.1) is 17.8 Å². The molecule has 0 aliphatic heterocycles. The molecule has 68 valence electrons. The number of fused-ring (bicyclic) bond motifs is 1. The second-order valence-corrected chi connectivity index (χ2v) is 3.89. The minimum atomic E-state index is 0. The van der Waals surface area contributed by atoms with Crippen LogP contribution in [0.1, 0.15) is 33.6 Å². The third-order valence-electron chi connectivity index (χ3n) is 3.17. The van der Waals surface area contributed by atoms with E-state index in [1.807, 2.05) is 0 Å². The Morgan fingerprint density at radius 3 is 2.42 bits per heavy atom. The van der Waals surface area contributed by atoms with E-state index in [9.17, 15) is 0 Å². The van der Waals surface area contributed by atoms with E-state index in [0.29, 0.717) is 0 Å². The third-order valence-corrected chi connectivity index (χ3v) is 3.17. The SMILES string of the molecule is C.CC1C=CCC2CC=CCC12. The third kappa shape index (κ3) is 1.63. The number of hydrogen-bond donors (Lipinski definition) is 0. The average Bonchev–Trinajstić information content (AvgIpc) is 2.06. The standard InChI is InChI=1S/C11H16.CH4/c1-9-5-4-7-10-6-2-3-8-11(9)10;/h2-5,9-11H,6-8H2,1H3;1H4. The van der Waals surface area contributed by atoms with Crippen LogP contribution in [-0.2, 0) is 0 Å². The zero-order valence-electron chi connectivity index (χ0n) is 7.16. The van der Waals surface area contributed by atoms with Crippen molar-refractivity contribution in [1.82, 2.24) is 0 Å². The minimum absolute atomic E-state index is 0. The molecule has 0 saturated heterocycles. The molecule has 0 nitrogen and oxygen atoms in total. The Balaban J connectivity index is 0.000000720. The first-order valence-corrected chi connectivity index (χ1v) is 4.69. The lowest BCUT2D eigenvalue weighted by Gasteiger charge is -2.34. The molecule has 12 heavy (non-hydrogen) atoms. The first-order chi connectivity index (χ1) is 5.38. The molecule has 0 amide bonds. The molecular weight excluding hydrogens is 144 g/mol. The van der Waals surface area contributed by atoms with E-state index in [0.717, 1.165) is 17.8 Å². The molecule has 3 atom stereocenters. The maximum absolute atomic E-state index is 2.39. The molecule has 0 fully saturated rings. The highest BCUT2D eigenvalue weighted by molar-refractivity contribution is 5.05. The van der Waals surface area contributed by atoms with Crippen molar-refractivity contribution in [3.63, 3.8) is 0 Å². The molecule has 0 aromatic rings. The summed E-state index contributed by atoms with van der Waals surface area (Å²) in [6.45, 7) is 2.35. The van der Waals surface area contributed by atoms with Gasteiger partial charge in [-0.15, -0.1) is 0 Å². The van der Waals surface area contributed by atoms with Crippen molar-refractivity contribution in [3.05, 3.63) is 24.3 Å². The van der Waals surface area contributed by atoms with Crippen LogP contribution in [0.5, 0.6) is 0 Å². The predicted molar refractivity (Wildman–Crippen MR) is 55.0 cm³/mol. The smallest absolute Gasteiger partial charge is 0.0228 e. The highest BCUT2D eigenvalue weighted by Crippen LogP contribution is 2.37. The van der Waals surface area contributed by atoms with Crippen molar-refractivity contribution in [3.8, 4) is 0 Å². The Hall–Kier alpha value is -0.520. The fourth-order valence-corrected chi connectivity index (χ4v) is 2.42. The lowest BCUT2D eigenvalue weighted by molar-refractivity contribution is 0.253. The summed E-state index contributed by atoms with van der Waals surface area (Å²) in [6.07, 6.45) is 13.4. The van der Waals surface area contributed by atoms with E-state index >= 15 is 0 Å². The zero-order chi connectivity index (χ0) is 7.68. The topological polar surface area (TPSA) is 0 Å². The molecule has 0 bridgehead atoms. The highest BCUT2D eigenvalue weighted by Gasteiger charge is 2.27. The summed E-state index contributed by atoms with van der Waals surface area (Å²) in [6, 6.07) is 0. The second-order valence-electron chi connectivity index (χ2n) is 3.89. The fraction of sp³-hybridized carbons (Fsp3) is 0.667. The van der Waals surface area contributed by atoms with Gasteiger partial charge >= 0.3 is 0 Å². The Morgan fingerprint density at radius 1 is 1.00 bits per heavy atom. The molecule has 0 spiro atoms. The number of hydrogen-bond acceptors (Lipinski definition) is 0. The molecule has 0 heterocycles. The molecule has 2 aliphatic rings. The summed E-state index contributed by atoms with van der Waals surface area (Å²) in [4.78, 5) is 0. The van der Waals surface area contributed by atoms with Crippen molar-refractivity contribution in [2.45, 2.75) is 33.6 Å². The molecule has 0 aromatic carbocycles. The largest absolute Gasteiger partial charge is 0.0882 e. The maximum Gasteiger partial charge on any atom is -0.0228 e. The van der Waals surface area contributed by atoms with Gasteiger partial charge in [-0.2, -0.15) is 0 Å². The van der Waals surface area contributed by atoms with Gasteiger partial charge in [0.2, 0.25) is 0 Å². The van der Waals surface area contributed by atoms with Crippen LogP contribution in [0.25, 0.3) is 0 Å². The van der Waals surface area contributed by atoms with Crippen LogP contribution in [0.4, 0.5) is 0 Å². The van der Waals surface area contributed by atoms with Crippen LogP contribution in [0.2, 0.25) is 0 Å². The second kappa shape index (κ2) is 3.93. The molecule has 2 rings (SSSR count). The monoisotopic (exact) mass is 164 g/mol. The van der Waals surface area contributed by atoms with Gasteiger partial charge in [0.15, 0.2) is 0 Å². The molecule has 0 radical (unpaired) electrons. The summed E-state index contributed by atoms with van der Waals surface area (Å²) in [5, 5.41) is 0. The molecule has 0 N–H and O–H groups in total. The van der Waals surface area contributed by atoms with Gasteiger partial charge in [0.05, 0.1) is 0 Å². The van der Waals surface area contributed by atoms with Crippen LogP contribution >= 0.6 is 0 Å². The van der Waals surface area contributed by atoms with E-state index in [2.05, 4.69) is 31.2 Å². The van der Waals surface area contributed by atoms with Gasteiger partial charge in [0.1, 0.15) is 0 Å². The first-order valence-electron chi connectivity index (χ1n) is 4.69. The summed E-state index contributed by atoms with van der Waals surface area (Å²) in [5.74, 6) is 2.73. The maximum atomic E-state index is 2.39. The quantitative estimate of drug-likeness (QED) is 0.478. The minimum Gasteiger partial charge on any atom is -0.0882 e. The fourth-order valence-electron chi connectivity index (χ4n) is 2.42. The zero-order valence-corrected chi connectivity index (χ0v) is 7.16. The molecule has 0 heteroatoms. The summed E-state index contributed by atoms with van der Waals surface area (Å²) >= 11 is 0. The van der Waals surface area contributed by atoms with E-state index in [-0.39, 0.29) is 7.43 Å². The molecule has 3 unspecified atom stereocenters. The Morgan fingerprint density at radius 2 is 1.67 bits per heavy atom.